The predicted octanol–water partition coefficient (Wildman–Crippen LogP) is 2.58. The zero-order valence-corrected chi connectivity index (χ0v) is 10.1. The van der Waals surface area contributed by atoms with Crippen molar-refractivity contribution in [3.8, 4) is 0 Å². The maximum Gasteiger partial charge on any atom is 0.0480 e. The van der Waals surface area contributed by atoms with Crippen LogP contribution in [0.1, 0.15) is 47.0 Å². The third kappa shape index (κ3) is 3.58. The lowest BCUT2D eigenvalue weighted by molar-refractivity contribution is 0.0684. The first-order valence-electron chi connectivity index (χ1n) is 5.88. The Hall–Kier alpha value is -0.0800. The minimum absolute atomic E-state index is 0.368. The zero-order chi connectivity index (χ0) is 10.6. The van der Waals surface area contributed by atoms with E-state index in [1.807, 2.05) is 0 Å². The molecule has 0 aliphatic carbocycles. The van der Waals surface area contributed by atoms with Gasteiger partial charge in [0.25, 0.3) is 0 Å². The molecule has 0 bridgehead atoms. The Bertz CT molecular complexity index is 156. The van der Waals surface area contributed by atoms with Gasteiger partial charge in [-0.3, -0.25) is 0 Å². The van der Waals surface area contributed by atoms with Gasteiger partial charge in [0.15, 0.2) is 0 Å². The molecule has 1 aliphatic heterocycles. The standard InChI is InChI=1S/C12H25NO/c1-5-11(12(2,3)4)13-10-6-8-14-9-7-10/h10-11,13H,5-9H2,1-4H3. The van der Waals surface area contributed by atoms with Crippen molar-refractivity contribution in [2.75, 3.05) is 13.2 Å². The SMILES string of the molecule is CCC(NC1CCOCC1)C(C)(C)C. The molecule has 1 fully saturated rings. The molecule has 0 spiro atoms. The summed E-state index contributed by atoms with van der Waals surface area (Å²) in [4.78, 5) is 0. The zero-order valence-electron chi connectivity index (χ0n) is 10.1. The molecule has 1 unspecified atom stereocenters. The van der Waals surface area contributed by atoms with Crippen LogP contribution in [0.2, 0.25) is 0 Å². The largest absolute Gasteiger partial charge is 0.381 e. The molecular formula is C12H25NO. The fourth-order valence-electron chi connectivity index (χ4n) is 2.13. The van der Waals surface area contributed by atoms with E-state index < -0.39 is 0 Å². The molecule has 1 N–H and O–H groups in total. The van der Waals surface area contributed by atoms with E-state index in [-0.39, 0.29) is 0 Å². The van der Waals surface area contributed by atoms with Gasteiger partial charge in [0, 0.05) is 25.3 Å². The highest BCUT2D eigenvalue weighted by Crippen LogP contribution is 2.23. The molecule has 2 heteroatoms. The maximum atomic E-state index is 5.36. The van der Waals surface area contributed by atoms with E-state index in [0.717, 1.165) is 13.2 Å². The van der Waals surface area contributed by atoms with Gasteiger partial charge < -0.3 is 10.1 Å². The molecule has 14 heavy (non-hydrogen) atoms. The van der Waals surface area contributed by atoms with Crippen LogP contribution in [0.15, 0.2) is 0 Å². The highest BCUT2D eigenvalue weighted by molar-refractivity contribution is 4.83. The summed E-state index contributed by atoms with van der Waals surface area (Å²) >= 11 is 0. The van der Waals surface area contributed by atoms with Gasteiger partial charge in [0.05, 0.1) is 0 Å². The molecule has 0 aromatic carbocycles. The van der Waals surface area contributed by atoms with Crippen molar-refractivity contribution >= 4 is 0 Å². The number of hydrogen-bond acceptors (Lipinski definition) is 2. The Labute approximate surface area is 88.4 Å². The van der Waals surface area contributed by atoms with Gasteiger partial charge in [-0.2, -0.15) is 0 Å². The molecule has 0 radical (unpaired) electrons. The summed E-state index contributed by atoms with van der Waals surface area (Å²) in [5.41, 5.74) is 0.368. The monoisotopic (exact) mass is 199 g/mol. The van der Waals surface area contributed by atoms with Crippen molar-refractivity contribution in [1.29, 1.82) is 0 Å². The van der Waals surface area contributed by atoms with Gasteiger partial charge in [-0.15, -0.1) is 0 Å². The Morgan fingerprint density at radius 1 is 1.29 bits per heavy atom. The molecule has 84 valence electrons. The summed E-state index contributed by atoms with van der Waals surface area (Å²) in [6.45, 7) is 11.1. The number of ether oxygens (including phenoxy) is 1. The third-order valence-corrected chi connectivity index (χ3v) is 3.11. The molecule has 1 aliphatic rings. The van der Waals surface area contributed by atoms with Gasteiger partial charge in [-0.1, -0.05) is 27.7 Å². The van der Waals surface area contributed by atoms with Crippen LogP contribution in [-0.2, 0) is 4.74 Å². The Morgan fingerprint density at radius 3 is 2.29 bits per heavy atom. The minimum Gasteiger partial charge on any atom is -0.381 e. The maximum absolute atomic E-state index is 5.36. The van der Waals surface area contributed by atoms with Crippen molar-refractivity contribution in [3.05, 3.63) is 0 Å². The second kappa shape index (κ2) is 5.13. The molecule has 1 atom stereocenters. The van der Waals surface area contributed by atoms with Crippen molar-refractivity contribution in [3.63, 3.8) is 0 Å². The summed E-state index contributed by atoms with van der Waals surface area (Å²) in [5, 5.41) is 3.77. The highest BCUT2D eigenvalue weighted by atomic mass is 16.5. The van der Waals surface area contributed by atoms with Gasteiger partial charge in [-0.05, 0) is 24.7 Å². The molecular weight excluding hydrogens is 174 g/mol. The van der Waals surface area contributed by atoms with Crippen molar-refractivity contribution < 1.29 is 4.74 Å². The summed E-state index contributed by atoms with van der Waals surface area (Å²) < 4.78 is 5.36. The molecule has 0 saturated carbocycles. The second-order valence-corrected chi connectivity index (χ2v) is 5.38. The molecule has 2 nitrogen and oxygen atoms in total. The first-order chi connectivity index (χ1) is 6.54. The van der Waals surface area contributed by atoms with E-state index in [1.165, 1.54) is 19.3 Å². The summed E-state index contributed by atoms with van der Waals surface area (Å²) in [6, 6.07) is 1.30. The smallest absolute Gasteiger partial charge is 0.0480 e. The van der Waals surface area contributed by atoms with Crippen molar-refractivity contribution in [2.24, 2.45) is 5.41 Å². The third-order valence-electron chi connectivity index (χ3n) is 3.11. The predicted molar refractivity (Wildman–Crippen MR) is 60.5 cm³/mol. The highest BCUT2D eigenvalue weighted by Gasteiger charge is 2.25. The summed E-state index contributed by atoms with van der Waals surface area (Å²) in [5.74, 6) is 0. The minimum atomic E-state index is 0.368. The topological polar surface area (TPSA) is 21.3 Å². The lowest BCUT2D eigenvalue weighted by atomic mass is 9.84. The van der Waals surface area contributed by atoms with E-state index in [2.05, 4.69) is 33.0 Å². The van der Waals surface area contributed by atoms with Crippen LogP contribution >= 0.6 is 0 Å². The fourth-order valence-corrected chi connectivity index (χ4v) is 2.13. The van der Waals surface area contributed by atoms with Crippen LogP contribution in [-0.4, -0.2) is 25.3 Å². The van der Waals surface area contributed by atoms with Crippen LogP contribution in [0, 0.1) is 5.41 Å². The van der Waals surface area contributed by atoms with Crippen LogP contribution < -0.4 is 5.32 Å². The second-order valence-electron chi connectivity index (χ2n) is 5.38. The van der Waals surface area contributed by atoms with E-state index >= 15 is 0 Å². The van der Waals surface area contributed by atoms with Crippen LogP contribution in [0.4, 0.5) is 0 Å². The van der Waals surface area contributed by atoms with Crippen molar-refractivity contribution in [2.45, 2.75) is 59.0 Å². The Balaban J connectivity index is 2.39. The molecule has 0 aromatic rings. The molecule has 1 rings (SSSR count). The van der Waals surface area contributed by atoms with Crippen LogP contribution in [0.25, 0.3) is 0 Å². The van der Waals surface area contributed by atoms with Gasteiger partial charge >= 0.3 is 0 Å². The van der Waals surface area contributed by atoms with E-state index in [9.17, 15) is 0 Å². The first kappa shape index (κ1) is 12.0. The lowest BCUT2D eigenvalue weighted by Crippen LogP contribution is -2.47. The van der Waals surface area contributed by atoms with E-state index in [4.69, 9.17) is 4.74 Å². The number of hydrogen-bond donors (Lipinski definition) is 1. The average molecular weight is 199 g/mol. The molecule has 1 saturated heterocycles. The Kier molecular flexibility index (Phi) is 4.39. The van der Waals surface area contributed by atoms with Gasteiger partial charge in [0.1, 0.15) is 0 Å². The summed E-state index contributed by atoms with van der Waals surface area (Å²) in [7, 11) is 0. The average Bonchev–Trinajstić information content (AvgIpc) is 2.14. The van der Waals surface area contributed by atoms with Gasteiger partial charge in [0.2, 0.25) is 0 Å². The molecule has 0 aromatic heterocycles. The molecule has 1 heterocycles. The van der Waals surface area contributed by atoms with Crippen molar-refractivity contribution in [1.82, 2.24) is 5.32 Å². The quantitative estimate of drug-likeness (QED) is 0.754. The number of nitrogens with one attached hydrogen (secondary N) is 1. The summed E-state index contributed by atoms with van der Waals surface area (Å²) in [6.07, 6.45) is 3.56. The Morgan fingerprint density at radius 2 is 1.86 bits per heavy atom. The first-order valence-corrected chi connectivity index (χ1v) is 5.88. The van der Waals surface area contributed by atoms with Gasteiger partial charge in [-0.25, -0.2) is 0 Å². The van der Waals surface area contributed by atoms with E-state index in [0.29, 0.717) is 17.5 Å². The molecule has 0 amide bonds. The van der Waals surface area contributed by atoms with Crippen LogP contribution in [0.5, 0.6) is 0 Å². The lowest BCUT2D eigenvalue weighted by Gasteiger charge is -2.35. The van der Waals surface area contributed by atoms with E-state index in [1.54, 1.807) is 0 Å². The number of rotatable bonds is 3. The fraction of sp³-hybridized carbons (Fsp3) is 1.00. The van der Waals surface area contributed by atoms with Crippen LogP contribution in [0.3, 0.4) is 0 Å². The normalized spacial score (nSPS) is 22.3.